The van der Waals surface area contributed by atoms with E-state index in [2.05, 4.69) is 23.1 Å². The summed E-state index contributed by atoms with van der Waals surface area (Å²) in [7, 11) is 4.73. The minimum atomic E-state index is -0.226. The fraction of sp³-hybridized carbons (Fsp3) is 0.435. The van der Waals surface area contributed by atoms with Crippen molar-refractivity contribution in [2.24, 2.45) is 0 Å². The van der Waals surface area contributed by atoms with Gasteiger partial charge < -0.3 is 23.7 Å². The molecule has 30 heavy (non-hydrogen) atoms. The monoisotopic (exact) mass is 411 g/mol. The van der Waals surface area contributed by atoms with E-state index in [0.29, 0.717) is 5.75 Å². The Labute approximate surface area is 175 Å². The van der Waals surface area contributed by atoms with Crippen molar-refractivity contribution in [1.29, 1.82) is 0 Å². The Morgan fingerprint density at radius 3 is 2.63 bits per heavy atom. The summed E-state index contributed by atoms with van der Waals surface area (Å²) in [5.74, 6) is 2.71. The zero-order valence-corrected chi connectivity index (χ0v) is 17.4. The Morgan fingerprint density at radius 1 is 1.10 bits per heavy atom. The van der Waals surface area contributed by atoms with Crippen LogP contribution in [0.3, 0.4) is 0 Å². The van der Waals surface area contributed by atoms with Gasteiger partial charge in [-0.25, -0.2) is 0 Å². The largest absolute Gasteiger partial charge is 0.493 e. The molecule has 0 saturated heterocycles. The van der Waals surface area contributed by atoms with Gasteiger partial charge in [-0.15, -0.1) is 0 Å². The summed E-state index contributed by atoms with van der Waals surface area (Å²) in [4.78, 5) is 14.8. The summed E-state index contributed by atoms with van der Waals surface area (Å²) in [6.07, 6.45) is 1.20. The molecule has 0 radical (unpaired) electrons. The summed E-state index contributed by atoms with van der Waals surface area (Å²) < 4.78 is 27.5. The van der Waals surface area contributed by atoms with E-state index in [1.807, 2.05) is 6.07 Å². The molecule has 3 aliphatic rings. The summed E-state index contributed by atoms with van der Waals surface area (Å²) in [5, 5.41) is 0. The van der Waals surface area contributed by atoms with E-state index in [0.717, 1.165) is 47.9 Å². The number of carbonyl (C=O) groups excluding carboxylic acids is 1. The second-order valence-electron chi connectivity index (χ2n) is 7.83. The van der Waals surface area contributed by atoms with Gasteiger partial charge >= 0.3 is 5.97 Å². The molecule has 2 unspecified atom stereocenters. The van der Waals surface area contributed by atoms with Gasteiger partial charge in [-0.2, -0.15) is 0 Å². The first-order chi connectivity index (χ1) is 14.6. The second kappa shape index (κ2) is 7.40. The molecule has 3 aliphatic heterocycles. The van der Waals surface area contributed by atoms with Crippen molar-refractivity contribution >= 4 is 5.97 Å². The third-order valence-electron chi connectivity index (χ3n) is 6.46. The van der Waals surface area contributed by atoms with Crippen molar-refractivity contribution in [2.75, 3.05) is 34.7 Å². The summed E-state index contributed by atoms with van der Waals surface area (Å²) in [5.41, 5.74) is 4.62. The van der Waals surface area contributed by atoms with Gasteiger partial charge in [0, 0.05) is 30.6 Å². The average molecular weight is 411 g/mol. The molecule has 2 aromatic carbocycles. The second-order valence-corrected chi connectivity index (χ2v) is 7.83. The predicted molar refractivity (Wildman–Crippen MR) is 108 cm³/mol. The van der Waals surface area contributed by atoms with E-state index in [4.69, 9.17) is 23.7 Å². The van der Waals surface area contributed by atoms with Crippen molar-refractivity contribution in [3.05, 3.63) is 46.5 Å². The molecular formula is C23H25NO6. The fourth-order valence-electron chi connectivity index (χ4n) is 5.11. The maximum absolute atomic E-state index is 12.4. The Balaban J connectivity index is 1.66. The normalized spacial score (nSPS) is 21.3. The molecule has 158 valence electrons. The Bertz CT molecular complexity index is 1000. The van der Waals surface area contributed by atoms with E-state index in [1.165, 1.54) is 18.2 Å². The van der Waals surface area contributed by atoms with Gasteiger partial charge in [-0.3, -0.25) is 9.69 Å². The molecule has 2 atom stereocenters. The molecule has 0 fully saturated rings. The van der Waals surface area contributed by atoms with Crippen molar-refractivity contribution in [3.63, 3.8) is 0 Å². The third-order valence-corrected chi connectivity index (χ3v) is 6.46. The van der Waals surface area contributed by atoms with E-state index in [-0.39, 0.29) is 31.1 Å². The Kier molecular flexibility index (Phi) is 4.70. The summed E-state index contributed by atoms with van der Waals surface area (Å²) in [6, 6.07) is 8.20. The van der Waals surface area contributed by atoms with E-state index < -0.39 is 0 Å². The highest BCUT2D eigenvalue weighted by Crippen LogP contribution is 2.52. The van der Waals surface area contributed by atoms with E-state index in [9.17, 15) is 4.79 Å². The van der Waals surface area contributed by atoms with Gasteiger partial charge in [-0.05, 0) is 41.3 Å². The highest BCUT2D eigenvalue weighted by molar-refractivity contribution is 5.71. The van der Waals surface area contributed by atoms with Gasteiger partial charge in [0.25, 0.3) is 0 Å². The van der Waals surface area contributed by atoms with Crippen LogP contribution in [0.15, 0.2) is 24.3 Å². The molecule has 0 spiro atoms. The summed E-state index contributed by atoms with van der Waals surface area (Å²) in [6.45, 7) is 1.86. The van der Waals surface area contributed by atoms with Crippen LogP contribution >= 0.6 is 0 Å². The average Bonchev–Trinajstić information content (AvgIpc) is 3.23. The lowest BCUT2D eigenvalue weighted by Crippen LogP contribution is -2.42. The van der Waals surface area contributed by atoms with Gasteiger partial charge in [0.2, 0.25) is 6.79 Å². The molecule has 0 aliphatic carbocycles. The number of methoxy groups -OCH3 is 3. The molecule has 2 aromatic rings. The number of rotatable bonds is 4. The van der Waals surface area contributed by atoms with Crippen molar-refractivity contribution in [2.45, 2.75) is 31.3 Å². The first-order valence-corrected chi connectivity index (χ1v) is 10.1. The number of hydrogen-bond donors (Lipinski definition) is 0. The third kappa shape index (κ3) is 2.88. The predicted octanol–water partition coefficient (Wildman–Crippen LogP) is 3.19. The van der Waals surface area contributed by atoms with Crippen molar-refractivity contribution in [1.82, 2.24) is 4.90 Å². The lowest BCUT2D eigenvalue weighted by Gasteiger charge is -2.46. The van der Waals surface area contributed by atoms with Crippen LogP contribution in [0, 0.1) is 0 Å². The van der Waals surface area contributed by atoms with Gasteiger partial charge in [0.05, 0.1) is 27.8 Å². The Hall–Kier alpha value is -2.93. The topological polar surface area (TPSA) is 66.5 Å². The van der Waals surface area contributed by atoms with Crippen LogP contribution in [0.5, 0.6) is 23.0 Å². The smallest absolute Gasteiger partial charge is 0.306 e. The molecule has 3 heterocycles. The lowest BCUT2D eigenvalue weighted by molar-refractivity contribution is -0.141. The quantitative estimate of drug-likeness (QED) is 0.716. The van der Waals surface area contributed by atoms with E-state index in [1.54, 1.807) is 14.2 Å². The van der Waals surface area contributed by atoms with Crippen molar-refractivity contribution < 1.29 is 28.5 Å². The number of hydrogen-bond acceptors (Lipinski definition) is 7. The minimum Gasteiger partial charge on any atom is -0.493 e. The SMILES string of the molecule is COC(=O)CC1c2ccc(OC)c(OC)c2CN2CCc3cc4c(cc3C12)OCO4. The maximum Gasteiger partial charge on any atom is 0.306 e. The minimum absolute atomic E-state index is 0.0490. The molecule has 7 heteroatoms. The molecule has 0 bridgehead atoms. The number of nitrogens with zero attached hydrogens (tertiary/aromatic N) is 1. The Morgan fingerprint density at radius 2 is 1.90 bits per heavy atom. The fourth-order valence-corrected chi connectivity index (χ4v) is 5.11. The summed E-state index contributed by atoms with van der Waals surface area (Å²) >= 11 is 0. The molecular weight excluding hydrogens is 386 g/mol. The zero-order valence-electron chi connectivity index (χ0n) is 17.4. The molecule has 0 N–H and O–H groups in total. The van der Waals surface area contributed by atoms with Crippen molar-refractivity contribution in [3.8, 4) is 23.0 Å². The van der Waals surface area contributed by atoms with Gasteiger partial charge in [-0.1, -0.05) is 6.07 Å². The molecule has 0 aromatic heterocycles. The molecule has 0 saturated carbocycles. The molecule has 7 nitrogen and oxygen atoms in total. The first-order valence-electron chi connectivity index (χ1n) is 10.1. The van der Waals surface area contributed by atoms with Crippen LogP contribution in [0.1, 0.15) is 40.6 Å². The van der Waals surface area contributed by atoms with Crippen LogP contribution in [0.25, 0.3) is 0 Å². The highest BCUT2D eigenvalue weighted by atomic mass is 16.7. The maximum atomic E-state index is 12.4. The van der Waals surface area contributed by atoms with Crippen LogP contribution in [0.2, 0.25) is 0 Å². The number of fused-ring (bicyclic) bond motifs is 5. The number of benzene rings is 2. The highest BCUT2D eigenvalue weighted by Gasteiger charge is 2.42. The van der Waals surface area contributed by atoms with Gasteiger partial charge in [0.1, 0.15) is 0 Å². The first kappa shape index (κ1) is 19.1. The van der Waals surface area contributed by atoms with Gasteiger partial charge in [0.15, 0.2) is 23.0 Å². The van der Waals surface area contributed by atoms with Crippen LogP contribution in [-0.4, -0.2) is 45.5 Å². The standard InChI is InChI=1S/C23H25NO6/c1-26-18-5-4-14-16(10-21(25)27-2)22-15-9-20-19(29-12-30-20)8-13(15)6-7-24(22)11-17(14)23(18)28-3/h4-5,8-9,16,22H,6-7,10-12H2,1-3H3. The lowest BCUT2D eigenvalue weighted by atomic mass is 9.74. The zero-order chi connectivity index (χ0) is 20.8. The van der Waals surface area contributed by atoms with Crippen LogP contribution in [0.4, 0.5) is 0 Å². The van der Waals surface area contributed by atoms with Crippen LogP contribution in [-0.2, 0) is 22.5 Å². The molecule has 0 amide bonds. The number of esters is 1. The van der Waals surface area contributed by atoms with Crippen LogP contribution < -0.4 is 18.9 Å². The molecule has 5 rings (SSSR count). The van der Waals surface area contributed by atoms with E-state index >= 15 is 0 Å². The number of carbonyl (C=O) groups is 1. The number of ether oxygens (including phenoxy) is 5.